The van der Waals surface area contributed by atoms with E-state index in [0.717, 1.165) is 12.8 Å². The zero-order valence-electron chi connectivity index (χ0n) is 15.9. The van der Waals surface area contributed by atoms with Crippen LogP contribution in [0.15, 0.2) is 29.5 Å². The molecule has 1 aromatic carbocycles. The lowest BCUT2D eigenvalue weighted by Crippen LogP contribution is -2.46. The fraction of sp³-hybridized carbons (Fsp3) is 0.474. The third-order valence-electron chi connectivity index (χ3n) is 4.45. The van der Waals surface area contributed by atoms with Gasteiger partial charge in [-0.25, -0.2) is 9.59 Å². The molecule has 0 bridgehead atoms. The molecule has 2 rings (SSSR count). The van der Waals surface area contributed by atoms with Crippen molar-refractivity contribution in [1.82, 2.24) is 10.2 Å². The summed E-state index contributed by atoms with van der Waals surface area (Å²) in [5.74, 6) is 0.704. The highest BCUT2D eigenvalue weighted by molar-refractivity contribution is 5.95. The summed E-state index contributed by atoms with van der Waals surface area (Å²) in [5.41, 5.74) is 1.56. The number of benzene rings is 1. The van der Waals surface area contributed by atoms with E-state index >= 15 is 0 Å². The number of hydrogen-bond acceptors (Lipinski definition) is 5. The Kier molecular flexibility index (Phi) is 6.49. The number of nitrogens with one attached hydrogen (secondary N) is 1. The molecular formula is C19H26N2O5. The van der Waals surface area contributed by atoms with Gasteiger partial charge in [-0.2, -0.15) is 0 Å². The molecule has 2 amide bonds. The lowest BCUT2D eigenvalue weighted by atomic mass is 9.94. The van der Waals surface area contributed by atoms with E-state index in [2.05, 4.69) is 5.32 Å². The van der Waals surface area contributed by atoms with Crippen LogP contribution >= 0.6 is 0 Å². The van der Waals surface area contributed by atoms with E-state index in [4.69, 9.17) is 14.2 Å². The Bertz CT molecular complexity index is 714. The molecule has 1 atom stereocenters. The minimum Gasteiger partial charge on any atom is -0.497 e. The highest BCUT2D eigenvalue weighted by atomic mass is 16.5. The minimum atomic E-state index is -0.683. The second-order valence-corrected chi connectivity index (χ2v) is 6.04. The van der Waals surface area contributed by atoms with Crippen molar-refractivity contribution < 1.29 is 23.8 Å². The largest absolute Gasteiger partial charge is 0.497 e. The molecule has 142 valence electrons. The number of amides is 2. The van der Waals surface area contributed by atoms with Crippen LogP contribution in [0.25, 0.3) is 0 Å². The smallest absolute Gasteiger partial charge is 0.338 e. The normalized spacial score (nSPS) is 17.0. The molecule has 0 aromatic heterocycles. The quantitative estimate of drug-likeness (QED) is 0.596. The predicted molar refractivity (Wildman–Crippen MR) is 97.1 cm³/mol. The topological polar surface area (TPSA) is 77.1 Å². The van der Waals surface area contributed by atoms with Crippen LogP contribution in [0.2, 0.25) is 0 Å². The van der Waals surface area contributed by atoms with Crippen molar-refractivity contribution in [2.75, 3.05) is 27.9 Å². The second-order valence-electron chi connectivity index (χ2n) is 6.04. The molecule has 1 unspecified atom stereocenters. The Hall–Kier alpha value is -2.70. The van der Waals surface area contributed by atoms with E-state index in [1.165, 1.54) is 12.0 Å². The molecule has 0 saturated heterocycles. The van der Waals surface area contributed by atoms with Gasteiger partial charge in [0.2, 0.25) is 0 Å². The number of allylic oxidation sites excluding steroid dienone is 1. The minimum absolute atomic E-state index is 0.303. The van der Waals surface area contributed by atoms with Crippen LogP contribution in [0.5, 0.6) is 11.5 Å². The zero-order chi connectivity index (χ0) is 19.3. The number of esters is 1. The lowest BCUT2D eigenvalue weighted by Gasteiger charge is -2.33. The summed E-state index contributed by atoms with van der Waals surface area (Å²) >= 11 is 0. The van der Waals surface area contributed by atoms with E-state index in [-0.39, 0.29) is 6.03 Å². The molecular weight excluding hydrogens is 336 g/mol. The third-order valence-corrected chi connectivity index (χ3v) is 4.45. The Morgan fingerprint density at radius 1 is 1.27 bits per heavy atom. The number of urea groups is 1. The Labute approximate surface area is 153 Å². The van der Waals surface area contributed by atoms with Crippen molar-refractivity contribution in [2.45, 2.75) is 32.7 Å². The first kappa shape index (κ1) is 19.6. The van der Waals surface area contributed by atoms with Crippen LogP contribution in [0, 0.1) is 0 Å². The maximum atomic E-state index is 12.7. The van der Waals surface area contributed by atoms with Gasteiger partial charge in [0.1, 0.15) is 11.5 Å². The maximum absolute atomic E-state index is 12.7. The van der Waals surface area contributed by atoms with Crippen molar-refractivity contribution in [3.63, 3.8) is 0 Å². The average molecular weight is 362 g/mol. The summed E-state index contributed by atoms with van der Waals surface area (Å²) in [6.45, 7) is 4.09. The molecule has 1 aromatic rings. The summed E-state index contributed by atoms with van der Waals surface area (Å²) in [4.78, 5) is 26.5. The predicted octanol–water partition coefficient (Wildman–Crippen LogP) is 3.02. The van der Waals surface area contributed by atoms with E-state index in [1.54, 1.807) is 39.3 Å². The van der Waals surface area contributed by atoms with Gasteiger partial charge in [-0.05, 0) is 31.5 Å². The first-order chi connectivity index (χ1) is 12.4. The van der Waals surface area contributed by atoms with Gasteiger partial charge in [0, 0.05) is 18.3 Å². The Balaban J connectivity index is 2.50. The molecule has 0 spiro atoms. The van der Waals surface area contributed by atoms with Gasteiger partial charge in [-0.1, -0.05) is 13.3 Å². The van der Waals surface area contributed by atoms with Gasteiger partial charge in [0.05, 0.1) is 32.4 Å². The van der Waals surface area contributed by atoms with Crippen LogP contribution < -0.4 is 14.8 Å². The average Bonchev–Trinajstić information content (AvgIpc) is 2.65. The van der Waals surface area contributed by atoms with Gasteiger partial charge in [0.15, 0.2) is 0 Å². The maximum Gasteiger partial charge on any atom is 0.338 e. The highest BCUT2D eigenvalue weighted by Crippen LogP contribution is 2.37. The Morgan fingerprint density at radius 3 is 2.62 bits per heavy atom. The molecule has 1 N–H and O–H groups in total. The number of nitrogens with zero attached hydrogens (tertiary/aromatic N) is 1. The van der Waals surface area contributed by atoms with E-state index < -0.39 is 12.0 Å². The first-order valence-electron chi connectivity index (χ1n) is 8.58. The van der Waals surface area contributed by atoms with E-state index in [0.29, 0.717) is 34.9 Å². The number of unbranched alkanes of at least 4 members (excludes halogenated alkanes) is 1. The molecule has 7 heteroatoms. The highest BCUT2D eigenvalue weighted by Gasteiger charge is 2.36. The van der Waals surface area contributed by atoms with Gasteiger partial charge in [0.25, 0.3) is 0 Å². The number of hydrogen-bond donors (Lipinski definition) is 1. The summed E-state index contributed by atoms with van der Waals surface area (Å²) in [7, 11) is 4.71. The molecule has 0 aliphatic carbocycles. The lowest BCUT2D eigenvalue weighted by molar-refractivity contribution is -0.139. The SMILES string of the molecule is CCCCOC(=O)C1=C(C)N(C)C(=O)NC1c1cc(OC)ccc1OC. The molecule has 1 aliphatic rings. The van der Waals surface area contributed by atoms with Crippen LogP contribution in [0.1, 0.15) is 38.3 Å². The van der Waals surface area contributed by atoms with Crippen molar-refractivity contribution in [3.8, 4) is 11.5 Å². The fourth-order valence-corrected chi connectivity index (χ4v) is 2.79. The molecule has 26 heavy (non-hydrogen) atoms. The summed E-state index contributed by atoms with van der Waals surface area (Å²) < 4.78 is 16.1. The van der Waals surface area contributed by atoms with Crippen molar-refractivity contribution in [2.24, 2.45) is 0 Å². The summed E-state index contributed by atoms with van der Waals surface area (Å²) in [5, 5.41) is 2.85. The van der Waals surface area contributed by atoms with Gasteiger partial charge >= 0.3 is 12.0 Å². The van der Waals surface area contributed by atoms with Crippen LogP contribution in [0.3, 0.4) is 0 Å². The van der Waals surface area contributed by atoms with Crippen molar-refractivity contribution >= 4 is 12.0 Å². The standard InChI is InChI=1S/C19H26N2O5/c1-6-7-10-26-18(22)16-12(2)21(3)19(23)20-17(16)14-11-13(24-4)8-9-15(14)25-5/h8-9,11,17H,6-7,10H2,1-5H3,(H,20,23). The van der Waals surface area contributed by atoms with Crippen LogP contribution in [0.4, 0.5) is 4.79 Å². The van der Waals surface area contributed by atoms with Crippen molar-refractivity contribution in [1.29, 1.82) is 0 Å². The van der Waals surface area contributed by atoms with Crippen molar-refractivity contribution in [3.05, 3.63) is 35.0 Å². The van der Waals surface area contributed by atoms with E-state index in [1.807, 2.05) is 6.92 Å². The number of rotatable bonds is 7. The molecule has 1 aliphatic heterocycles. The Morgan fingerprint density at radius 2 is 2.00 bits per heavy atom. The molecule has 0 radical (unpaired) electrons. The van der Waals surface area contributed by atoms with Crippen LogP contribution in [-0.4, -0.2) is 44.8 Å². The van der Waals surface area contributed by atoms with Crippen LogP contribution in [-0.2, 0) is 9.53 Å². The molecule has 7 nitrogen and oxygen atoms in total. The number of ether oxygens (including phenoxy) is 3. The summed E-state index contributed by atoms with van der Waals surface area (Å²) in [6.07, 6.45) is 1.71. The molecule has 0 fully saturated rings. The van der Waals surface area contributed by atoms with Gasteiger partial charge in [-0.15, -0.1) is 0 Å². The zero-order valence-corrected chi connectivity index (χ0v) is 15.9. The van der Waals surface area contributed by atoms with E-state index in [9.17, 15) is 9.59 Å². The van der Waals surface area contributed by atoms with Gasteiger partial charge in [-0.3, -0.25) is 0 Å². The number of carbonyl (C=O) groups is 2. The third kappa shape index (κ3) is 3.92. The number of methoxy groups -OCH3 is 2. The summed E-state index contributed by atoms with van der Waals surface area (Å²) in [6, 6.07) is 4.27. The first-order valence-corrected chi connectivity index (χ1v) is 8.58. The molecule has 0 saturated carbocycles. The second kappa shape index (κ2) is 8.60. The monoisotopic (exact) mass is 362 g/mol. The number of carbonyl (C=O) groups excluding carboxylic acids is 2. The van der Waals surface area contributed by atoms with Gasteiger partial charge < -0.3 is 24.4 Å². The fourth-order valence-electron chi connectivity index (χ4n) is 2.79. The molecule has 1 heterocycles.